The van der Waals surface area contributed by atoms with Crippen LogP contribution < -0.4 is 5.32 Å². The molecule has 0 aromatic rings. The zero-order valence-corrected chi connectivity index (χ0v) is 9.99. The summed E-state index contributed by atoms with van der Waals surface area (Å²) in [5.74, 6) is 0.614. The summed E-state index contributed by atoms with van der Waals surface area (Å²) < 4.78 is 22.7. The molecular weight excluding hydrogens is 198 g/mol. The first-order chi connectivity index (χ1) is 6.47. The van der Waals surface area contributed by atoms with Crippen LogP contribution in [0.3, 0.4) is 0 Å². The monoisotopic (exact) mass is 219 g/mol. The third-order valence-electron chi connectivity index (χ3n) is 2.76. The Morgan fingerprint density at radius 1 is 1.29 bits per heavy atom. The van der Waals surface area contributed by atoms with Crippen molar-refractivity contribution in [2.45, 2.75) is 33.1 Å². The fourth-order valence-corrected chi connectivity index (χ4v) is 2.70. The average molecular weight is 219 g/mol. The van der Waals surface area contributed by atoms with Crippen LogP contribution in [0, 0.1) is 5.41 Å². The molecule has 1 N–H and O–H groups in total. The largest absolute Gasteiger partial charge is 0.315 e. The summed E-state index contributed by atoms with van der Waals surface area (Å²) in [6.07, 6.45) is 3.28. The molecule has 1 saturated carbocycles. The molecule has 3 nitrogen and oxygen atoms in total. The topological polar surface area (TPSA) is 46.2 Å². The number of sulfone groups is 1. The van der Waals surface area contributed by atoms with Gasteiger partial charge in [-0.25, -0.2) is 8.42 Å². The van der Waals surface area contributed by atoms with Gasteiger partial charge in [-0.05, 0) is 24.7 Å². The molecule has 1 aliphatic carbocycles. The second-order valence-corrected chi connectivity index (χ2v) is 6.94. The molecular formula is C10H21NO2S. The highest BCUT2D eigenvalue weighted by Crippen LogP contribution is 2.43. The molecule has 0 radical (unpaired) electrons. The van der Waals surface area contributed by atoms with Crippen molar-refractivity contribution in [1.29, 1.82) is 0 Å². The second kappa shape index (κ2) is 4.62. The predicted octanol–water partition coefficient (Wildman–Crippen LogP) is 1.20. The van der Waals surface area contributed by atoms with Crippen molar-refractivity contribution in [1.82, 2.24) is 5.32 Å². The fourth-order valence-electron chi connectivity index (χ4n) is 1.42. The van der Waals surface area contributed by atoms with Crippen LogP contribution in [0.1, 0.15) is 33.1 Å². The van der Waals surface area contributed by atoms with Crippen LogP contribution in [0.2, 0.25) is 0 Å². The standard InChI is InChI=1S/C10H21NO2S/c1-3-7-14(12,13)8-6-11-9-10(2)4-5-10/h11H,3-9H2,1-2H3. The maximum atomic E-state index is 11.3. The zero-order chi connectivity index (χ0) is 10.7. The van der Waals surface area contributed by atoms with Crippen molar-refractivity contribution in [3.05, 3.63) is 0 Å². The Morgan fingerprint density at radius 3 is 2.43 bits per heavy atom. The molecule has 4 heteroatoms. The highest BCUT2D eigenvalue weighted by atomic mass is 32.2. The minimum atomic E-state index is -2.79. The lowest BCUT2D eigenvalue weighted by Crippen LogP contribution is -2.28. The summed E-state index contributed by atoms with van der Waals surface area (Å²) in [4.78, 5) is 0. The van der Waals surface area contributed by atoms with Crippen LogP contribution in [-0.4, -0.2) is 33.0 Å². The number of hydrogen-bond acceptors (Lipinski definition) is 3. The van der Waals surface area contributed by atoms with Crippen LogP contribution in [0.5, 0.6) is 0 Å². The predicted molar refractivity (Wildman–Crippen MR) is 59.2 cm³/mol. The van der Waals surface area contributed by atoms with Gasteiger partial charge in [-0.2, -0.15) is 0 Å². The summed E-state index contributed by atoms with van der Waals surface area (Å²) in [7, 11) is -2.79. The molecule has 14 heavy (non-hydrogen) atoms. The molecule has 0 saturated heterocycles. The summed E-state index contributed by atoms with van der Waals surface area (Å²) in [6, 6.07) is 0. The number of hydrogen-bond donors (Lipinski definition) is 1. The van der Waals surface area contributed by atoms with Gasteiger partial charge >= 0.3 is 0 Å². The molecule has 0 amide bonds. The van der Waals surface area contributed by atoms with Crippen molar-refractivity contribution < 1.29 is 8.42 Å². The quantitative estimate of drug-likeness (QED) is 0.654. The first kappa shape index (κ1) is 12.0. The molecule has 0 bridgehead atoms. The third-order valence-corrected chi connectivity index (χ3v) is 4.62. The Balaban J connectivity index is 2.08. The van der Waals surface area contributed by atoms with Crippen molar-refractivity contribution in [3.63, 3.8) is 0 Å². The molecule has 0 aromatic carbocycles. The third kappa shape index (κ3) is 4.42. The van der Waals surface area contributed by atoms with Gasteiger partial charge < -0.3 is 5.32 Å². The SMILES string of the molecule is CCCS(=O)(=O)CCNCC1(C)CC1. The summed E-state index contributed by atoms with van der Waals surface area (Å²) in [5.41, 5.74) is 0.467. The second-order valence-electron chi connectivity index (χ2n) is 4.64. The van der Waals surface area contributed by atoms with E-state index in [1.165, 1.54) is 12.8 Å². The van der Waals surface area contributed by atoms with E-state index in [-0.39, 0.29) is 5.75 Å². The van der Waals surface area contributed by atoms with Crippen molar-refractivity contribution in [2.75, 3.05) is 24.6 Å². The number of nitrogens with one attached hydrogen (secondary N) is 1. The van der Waals surface area contributed by atoms with Gasteiger partial charge in [0.1, 0.15) is 0 Å². The van der Waals surface area contributed by atoms with Crippen molar-refractivity contribution in [3.8, 4) is 0 Å². The van der Waals surface area contributed by atoms with Crippen molar-refractivity contribution in [2.24, 2.45) is 5.41 Å². The average Bonchev–Trinajstić information content (AvgIpc) is 2.79. The maximum Gasteiger partial charge on any atom is 0.151 e. The van der Waals surface area contributed by atoms with E-state index >= 15 is 0 Å². The molecule has 1 aliphatic rings. The molecule has 0 atom stereocenters. The van der Waals surface area contributed by atoms with Gasteiger partial charge in [0.25, 0.3) is 0 Å². The summed E-state index contributed by atoms with van der Waals surface area (Å²) in [5, 5.41) is 3.22. The van der Waals surface area contributed by atoms with E-state index in [1.807, 2.05) is 6.92 Å². The van der Waals surface area contributed by atoms with E-state index in [0.717, 1.165) is 13.0 Å². The van der Waals surface area contributed by atoms with Crippen LogP contribution in [0.15, 0.2) is 0 Å². The molecule has 1 rings (SSSR count). The van der Waals surface area contributed by atoms with Gasteiger partial charge in [0.05, 0.1) is 5.75 Å². The molecule has 0 spiro atoms. The highest BCUT2D eigenvalue weighted by molar-refractivity contribution is 7.91. The molecule has 84 valence electrons. The normalized spacial score (nSPS) is 19.6. The van der Waals surface area contributed by atoms with Crippen LogP contribution in [0.4, 0.5) is 0 Å². The Hall–Kier alpha value is -0.0900. The van der Waals surface area contributed by atoms with E-state index < -0.39 is 9.84 Å². The minimum absolute atomic E-state index is 0.289. The summed E-state index contributed by atoms with van der Waals surface area (Å²) in [6.45, 7) is 5.71. The van der Waals surface area contributed by atoms with Crippen LogP contribution in [-0.2, 0) is 9.84 Å². The number of rotatable bonds is 7. The Kier molecular flexibility index (Phi) is 3.95. The van der Waals surface area contributed by atoms with E-state index in [0.29, 0.717) is 17.7 Å². The van der Waals surface area contributed by atoms with Gasteiger partial charge in [0.15, 0.2) is 9.84 Å². The van der Waals surface area contributed by atoms with E-state index in [1.54, 1.807) is 0 Å². The Morgan fingerprint density at radius 2 is 1.93 bits per heavy atom. The van der Waals surface area contributed by atoms with Crippen molar-refractivity contribution >= 4 is 9.84 Å². The summed E-state index contributed by atoms with van der Waals surface area (Å²) >= 11 is 0. The van der Waals surface area contributed by atoms with Gasteiger partial charge in [0, 0.05) is 18.8 Å². The van der Waals surface area contributed by atoms with E-state index in [2.05, 4.69) is 12.2 Å². The van der Waals surface area contributed by atoms with Gasteiger partial charge in [0.2, 0.25) is 0 Å². The fraction of sp³-hybridized carbons (Fsp3) is 1.00. The molecule has 1 fully saturated rings. The molecule has 0 unspecified atom stereocenters. The first-order valence-electron chi connectivity index (χ1n) is 5.39. The molecule has 0 aromatic heterocycles. The Bertz CT molecular complexity index is 268. The first-order valence-corrected chi connectivity index (χ1v) is 7.21. The lowest BCUT2D eigenvalue weighted by Gasteiger charge is -2.09. The van der Waals surface area contributed by atoms with Crippen LogP contribution in [0.25, 0.3) is 0 Å². The highest BCUT2D eigenvalue weighted by Gasteiger charge is 2.36. The van der Waals surface area contributed by atoms with E-state index in [4.69, 9.17) is 0 Å². The van der Waals surface area contributed by atoms with Gasteiger partial charge in [-0.1, -0.05) is 13.8 Å². The van der Waals surface area contributed by atoms with E-state index in [9.17, 15) is 8.42 Å². The van der Waals surface area contributed by atoms with Gasteiger partial charge in [-0.15, -0.1) is 0 Å². The Labute approximate surface area is 87.2 Å². The maximum absolute atomic E-state index is 11.3. The zero-order valence-electron chi connectivity index (χ0n) is 9.17. The lowest BCUT2D eigenvalue weighted by atomic mass is 10.1. The smallest absolute Gasteiger partial charge is 0.151 e. The molecule has 0 aliphatic heterocycles. The van der Waals surface area contributed by atoms with Gasteiger partial charge in [-0.3, -0.25) is 0 Å². The lowest BCUT2D eigenvalue weighted by molar-refractivity contribution is 0.508. The molecule has 0 heterocycles. The van der Waals surface area contributed by atoms with Crippen LogP contribution >= 0.6 is 0 Å². The minimum Gasteiger partial charge on any atom is -0.315 e.